The number of rotatable bonds is 2. The minimum absolute atomic E-state index is 0.637. The van der Waals surface area contributed by atoms with Gasteiger partial charge in [-0.15, -0.1) is 0 Å². The largest absolute Gasteiger partial charge is 0.0626 e. The third-order valence-electron chi connectivity index (χ3n) is 5.07. The van der Waals surface area contributed by atoms with Gasteiger partial charge >= 0.3 is 0 Å². The van der Waals surface area contributed by atoms with Crippen LogP contribution in [0.5, 0.6) is 0 Å². The molecule has 3 aliphatic rings. The highest BCUT2D eigenvalue weighted by atomic mass is 14.7. The van der Waals surface area contributed by atoms with Crippen LogP contribution in [0.4, 0.5) is 0 Å². The molecular formula is C12H18. The van der Waals surface area contributed by atoms with Crippen LogP contribution in [0.25, 0.3) is 0 Å². The molecule has 0 bridgehead atoms. The van der Waals surface area contributed by atoms with Gasteiger partial charge in [0.1, 0.15) is 0 Å². The molecule has 2 unspecified atom stereocenters. The van der Waals surface area contributed by atoms with Crippen LogP contribution in [0, 0.1) is 16.2 Å². The summed E-state index contributed by atoms with van der Waals surface area (Å²) in [6.07, 6.45) is 4.36. The van der Waals surface area contributed by atoms with Gasteiger partial charge in [-0.05, 0) is 37.0 Å². The molecule has 0 amide bonds. The molecule has 0 saturated heterocycles. The Morgan fingerprint density at radius 2 is 1.75 bits per heavy atom. The van der Waals surface area contributed by atoms with Gasteiger partial charge < -0.3 is 0 Å². The van der Waals surface area contributed by atoms with E-state index in [1.165, 1.54) is 19.3 Å². The van der Waals surface area contributed by atoms with Gasteiger partial charge in [0.25, 0.3) is 0 Å². The highest BCUT2D eigenvalue weighted by Gasteiger charge is 2.71. The summed E-state index contributed by atoms with van der Waals surface area (Å²) in [5.74, 6) is 0. The lowest BCUT2D eigenvalue weighted by atomic mass is 9.87. The summed E-state index contributed by atoms with van der Waals surface area (Å²) in [7, 11) is 0. The predicted molar refractivity (Wildman–Crippen MR) is 50.9 cm³/mol. The third kappa shape index (κ3) is 0.582. The lowest BCUT2D eigenvalue weighted by molar-refractivity contribution is 0.347. The van der Waals surface area contributed by atoms with Gasteiger partial charge in [0.05, 0.1) is 0 Å². The zero-order chi connectivity index (χ0) is 8.78. The first-order valence-electron chi connectivity index (χ1n) is 5.12. The molecule has 0 nitrogen and oxygen atoms in total. The molecule has 0 radical (unpaired) electrons. The van der Waals surface area contributed by atoms with E-state index >= 15 is 0 Å². The van der Waals surface area contributed by atoms with Gasteiger partial charge in [0.2, 0.25) is 0 Å². The molecule has 66 valence electrons. The maximum absolute atomic E-state index is 2.48. The number of hydrogen-bond donors (Lipinski definition) is 0. The van der Waals surface area contributed by atoms with E-state index in [0.717, 1.165) is 0 Å². The average molecular weight is 162 g/mol. The fraction of sp³-hybridized carbons (Fsp3) is 0.833. The highest BCUT2D eigenvalue weighted by Crippen LogP contribution is 2.82. The molecule has 2 atom stereocenters. The molecule has 0 heterocycles. The zero-order valence-electron chi connectivity index (χ0n) is 8.62. The number of hydrogen-bond acceptors (Lipinski definition) is 0. The van der Waals surface area contributed by atoms with E-state index in [1.54, 1.807) is 5.57 Å². The second-order valence-corrected chi connectivity index (χ2v) is 6.16. The molecule has 0 aromatic carbocycles. The van der Waals surface area contributed by atoms with Crippen molar-refractivity contribution in [3.05, 3.63) is 11.1 Å². The van der Waals surface area contributed by atoms with Crippen molar-refractivity contribution < 1.29 is 0 Å². The lowest BCUT2D eigenvalue weighted by Gasteiger charge is -2.17. The minimum Gasteiger partial charge on any atom is -0.0626 e. The Labute approximate surface area is 75.0 Å². The van der Waals surface area contributed by atoms with Crippen LogP contribution in [-0.2, 0) is 0 Å². The monoisotopic (exact) mass is 162 g/mol. The quantitative estimate of drug-likeness (QED) is 0.545. The van der Waals surface area contributed by atoms with E-state index in [1.807, 2.05) is 5.57 Å². The van der Waals surface area contributed by atoms with Gasteiger partial charge in [-0.25, -0.2) is 0 Å². The van der Waals surface area contributed by atoms with E-state index < -0.39 is 0 Å². The summed E-state index contributed by atoms with van der Waals surface area (Å²) in [4.78, 5) is 0. The Morgan fingerprint density at radius 3 is 2.00 bits per heavy atom. The van der Waals surface area contributed by atoms with Gasteiger partial charge in [-0.1, -0.05) is 31.9 Å². The standard InChI is InChI=1S/C12H18/c1-8-9-5-12(8,9)7-11(4)6-10(11,2)3/h5-7H2,1-4H3. The molecule has 3 rings (SSSR count). The Kier molecular flexibility index (Phi) is 0.852. The van der Waals surface area contributed by atoms with Crippen LogP contribution in [0.1, 0.15) is 47.0 Å². The summed E-state index contributed by atoms with van der Waals surface area (Å²) < 4.78 is 0. The second-order valence-electron chi connectivity index (χ2n) is 6.16. The Bertz CT molecular complexity index is 300. The first-order chi connectivity index (χ1) is 5.41. The molecule has 0 aliphatic heterocycles. The van der Waals surface area contributed by atoms with E-state index in [0.29, 0.717) is 16.2 Å². The van der Waals surface area contributed by atoms with Crippen molar-refractivity contribution in [1.29, 1.82) is 0 Å². The molecule has 3 aliphatic carbocycles. The minimum atomic E-state index is 0.637. The van der Waals surface area contributed by atoms with Crippen molar-refractivity contribution in [2.24, 2.45) is 16.2 Å². The number of allylic oxidation sites excluding steroid dienone is 2. The third-order valence-corrected chi connectivity index (χ3v) is 5.07. The predicted octanol–water partition coefficient (Wildman–Crippen LogP) is 3.53. The Balaban J connectivity index is 1.73. The van der Waals surface area contributed by atoms with Crippen molar-refractivity contribution in [3.8, 4) is 0 Å². The molecule has 0 N–H and O–H groups in total. The van der Waals surface area contributed by atoms with Crippen LogP contribution >= 0.6 is 0 Å². The van der Waals surface area contributed by atoms with Crippen LogP contribution in [-0.4, -0.2) is 0 Å². The SMILES string of the molecule is CC1=C2CC12CC1(C)CC1(C)C. The topological polar surface area (TPSA) is 0 Å². The molecule has 12 heavy (non-hydrogen) atoms. The Hall–Kier alpha value is -0.260. The summed E-state index contributed by atoms with van der Waals surface area (Å²) in [5, 5.41) is 0. The van der Waals surface area contributed by atoms with Crippen molar-refractivity contribution in [1.82, 2.24) is 0 Å². The molecule has 0 aromatic rings. The number of fused-ring (bicyclic) bond motifs is 1. The summed E-state index contributed by atoms with van der Waals surface area (Å²) in [6.45, 7) is 9.65. The highest BCUT2D eigenvalue weighted by molar-refractivity contribution is 5.63. The second kappa shape index (κ2) is 1.42. The maximum atomic E-state index is 2.48. The zero-order valence-corrected chi connectivity index (χ0v) is 8.62. The van der Waals surface area contributed by atoms with Gasteiger partial charge in [-0.2, -0.15) is 0 Å². The first-order valence-corrected chi connectivity index (χ1v) is 5.12. The van der Waals surface area contributed by atoms with Crippen LogP contribution in [0.15, 0.2) is 11.1 Å². The molecule has 0 aromatic heterocycles. The summed E-state index contributed by atoms with van der Waals surface area (Å²) in [6, 6.07) is 0. The van der Waals surface area contributed by atoms with E-state index in [-0.39, 0.29) is 0 Å². The van der Waals surface area contributed by atoms with E-state index in [4.69, 9.17) is 0 Å². The van der Waals surface area contributed by atoms with Gasteiger partial charge in [0, 0.05) is 5.41 Å². The van der Waals surface area contributed by atoms with Crippen LogP contribution in [0.3, 0.4) is 0 Å². The first kappa shape index (κ1) is 7.17. The van der Waals surface area contributed by atoms with Gasteiger partial charge in [0.15, 0.2) is 0 Å². The fourth-order valence-electron chi connectivity index (χ4n) is 3.20. The average Bonchev–Trinajstić information content (AvgIpc) is 2.79. The maximum Gasteiger partial charge on any atom is 0.0167 e. The van der Waals surface area contributed by atoms with Crippen LogP contribution in [0.2, 0.25) is 0 Å². The molecule has 0 heteroatoms. The molecule has 2 saturated carbocycles. The normalized spacial score (nSPS) is 52.0. The van der Waals surface area contributed by atoms with Crippen molar-refractivity contribution in [2.75, 3.05) is 0 Å². The van der Waals surface area contributed by atoms with Crippen molar-refractivity contribution in [3.63, 3.8) is 0 Å². The Morgan fingerprint density at radius 1 is 1.25 bits per heavy atom. The molecular weight excluding hydrogens is 144 g/mol. The summed E-state index contributed by atoms with van der Waals surface area (Å²) >= 11 is 0. The van der Waals surface area contributed by atoms with Gasteiger partial charge in [-0.3, -0.25) is 0 Å². The van der Waals surface area contributed by atoms with Crippen LogP contribution < -0.4 is 0 Å². The van der Waals surface area contributed by atoms with Crippen molar-refractivity contribution in [2.45, 2.75) is 47.0 Å². The molecule has 0 spiro atoms. The van der Waals surface area contributed by atoms with Crippen molar-refractivity contribution >= 4 is 0 Å². The lowest BCUT2D eigenvalue weighted by Crippen LogP contribution is -2.08. The smallest absolute Gasteiger partial charge is 0.0167 e. The molecule has 2 fully saturated rings. The summed E-state index contributed by atoms with van der Waals surface area (Å²) in [5.41, 5.74) is 5.57. The van der Waals surface area contributed by atoms with E-state index in [2.05, 4.69) is 27.7 Å². The van der Waals surface area contributed by atoms with E-state index in [9.17, 15) is 0 Å². The fourth-order valence-corrected chi connectivity index (χ4v) is 3.20.